The normalized spacial score (nSPS) is 24.3. The standard InChI is InChI=1S/C31H36N2O/c1-32-18-15-31(16-19-32)17-20-33(22-31)26-10-7-24(8-11-26)30-28(23-5-3-2-4-6-23)13-9-25-21-27(34)12-14-29(25)30/h2-8,10-12,14,21,28,30,34H,9,13,15-20,22H2,1H3. The Kier molecular flexibility index (Phi) is 5.61. The van der Waals surface area contributed by atoms with Crippen LogP contribution in [-0.2, 0) is 6.42 Å². The SMILES string of the molecule is CN1CCC2(CC1)CCN(c1ccc(C3c4ccc(O)cc4CCC3c3ccccc3)cc1)C2. The van der Waals surface area contributed by atoms with E-state index < -0.39 is 0 Å². The lowest BCUT2D eigenvalue weighted by Gasteiger charge is -2.38. The highest BCUT2D eigenvalue weighted by molar-refractivity contribution is 5.53. The van der Waals surface area contributed by atoms with Crippen LogP contribution in [0.1, 0.15) is 59.8 Å². The lowest BCUT2D eigenvalue weighted by Crippen LogP contribution is -2.39. The summed E-state index contributed by atoms with van der Waals surface area (Å²) in [6, 6.07) is 26.4. The van der Waals surface area contributed by atoms with E-state index in [0.29, 0.717) is 23.0 Å². The van der Waals surface area contributed by atoms with Crippen molar-refractivity contribution in [1.82, 2.24) is 4.90 Å². The Labute approximate surface area is 204 Å². The quantitative estimate of drug-likeness (QED) is 0.514. The maximum Gasteiger partial charge on any atom is 0.115 e. The van der Waals surface area contributed by atoms with Crippen LogP contribution >= 0.6 is 0 Å². The Balaban J connectivity index is 1.29. The van der Waals surface area contributed by atoms with E-state index in [4.69, 9.17) is 0 Å². The van der Waals surface area contributed by atoms with Gasteiger partial charge in [0.15, 0.2) is 0 Å². The van der Waals surface area contributed by atoms with Crippen molar-refractivity contribution in [2.24, 2.45) is 5.41 Å². The number of piperidine rings is 1. The molecule has 2 unspecified atom stereocenters. The Bertz CT molecular complexity index is 1130. The zero-order chi connectivity index (χ0) is 23.1. The molecule has 176 valence electrons. The largest absolute Gasteiger partial charge is 0.508 e. The molecule has 0 saturated carbocycles. The molecule has 2 saturated heterocycles. The number of anilines is 1. The van der Waals surface area contributed by atoms with Crippen molar-refractivity contribution in [3.05, 3.63) is 95.1 Å². The average Bonchev–Trinajstić information content (AvgIpc) is 3.29. The lowest BCUT2D eigenvalue weighted by atomic mass is 9.69. The molecule has 0 amide bonds. The van der Waals surface area contributed by atoms with Gasteiger partial charge in [-0.3, -0.25) is 0 Å². The summed E-state index contributed by atoms with van der Waals surface area (Å²) in [5.74, 6) is 1.15. The number of nitrogens with zero attached hydrogens (tertiary/aromatic N) is 2. The molecule has 1 aliphatic carbocycles. The Morgan fingerprint density at radius 1 is 0.824 bits per heavy atom. The fraction of sp³-hybridized carbons (Fsp3) is 0.419. The molecule has 2 heterocycles. The number of phenols is 1. The molecular formula is C31H36N2O. The lowest BCUT2D eigenvalue weighted by molar-refractivity contribution is 0.142. The molecule has 34 heavy (non-hydrogen) atoms. The Morgan fingerprint density at radius 2 is 1.56 bits per heavy atom. The molecule has 0 bridgehead atoms. The van der Waals surface area contributed by atoms with Crippen molar-refractivity contribution >= 4 is 5.69 Å². The first-order chi connectivity index (χ1) is 16.6. The summed E-state index contributed by atoms with van der Waals surface area (Å²) >= 11 is 0. The second-order valence-electron chi connectivity index (χ2n) is 11.0. The third-order valence-corrected chi connectivity index (χ3v) is 8.92. The first kappa shape index (κ1) is 21.7. The first-order valence-corrected chi connectivity index (χ1v) is 13.0. The fourth-order valence-electron chi connectivity index (χ4n) is 6.83. The van der Waals surface area contributed by atoms with Gasteiger partial charge < -0.3 is 14.9 Å². The van der Waals surface area contributed by atoms with Gasteiger partial charge in [0.1, 0.15) is 5.75 Å². The molecule has 3 aliphatic rings. The van der Waals surface area contributed by atoms with Crippen molar-refractivity contribution in [1.29, 1.82) is 0 Å². The van der Waals surface area contributed by atoms with Crippen LogP contribution in [0.2, 0.25) is 0 Å². The average molecular weight is 453 g/mol. The van der Waals surface area contributed by atoms with Crippen molar-refractivity contribution in [3.63, 3.8) is 0 Å². The van der Waals surface area contributed by atoms with Gasteiger partial charge in [-0.15, -0.1) is 0 Å². The fourth-order valence-corrected chi connectivity index (χ4v) is 6.83. The zero-order valence-electron chi connectivity index (χ0n) is 20.3. The van der Waals surface area contributed by atoms with Gasteiger partial charge >= 0.3 is 0 Å². The van der Waals surface area contributed by atoms with Crippen LogP contribution in [0.4, 0.5) is 5.69 Å². The molecule has 6 rings (SSSR count). The summed E-state index contributed by atoms with van der Waals surface area (Å²) in [4.78, 5) is 5.10. The number of fused-ring (bicyclic) bond motifs is 1. The highest BCUT2D eigenvalue weighted by atomic mass is 16.3. The van der Waals surface area contributed by atoms with Gasteiger partial charge in [-0.2, -0.15) is 0 Å². The van der Waals surface area contributed by atoms with Crippen LogP contribution in [0, 0.1) is 5.41 Å². The van der Waals surface area contributed by atoms with E-state index in [1.807, 2.05) is 12.1 Å². The maximum absolute atomic E-state index is 10.1. The monoisotopic (exact) mass is 452 g/mol. The first-order valence-electron chi connectivity index (χ1n) is 13.0. The van der Waals surface area contributed by atoms with E-state index in [-0.39, 0.29) is 0 Å². The van der Waals surface area contributed by atoms with Crippen molar-refractivity contribution in [2.75, 3.05) is 38.1 Å². The molecule has 2 atom stereocenters. The van der Waals surface area contributed by atoms with E-state index >= 15 is 0 Å². The molecule has 3 aromatic carbocycles. The number of hydrogen-bond donors (Lipinski definition) is 1. The van der Waals surface area contributed by atoms with Gasteiger partial charge in [0.05, 0.1) is 0 Å². The van der Waals surface area contributed by atoms with E-state index in [0.717, 1.165) is 12.8 Å². The molecule has 3 nitrogen and oxygen atoms in total. The molecule has 3 heteroatoms. The van der Waals surface area contributed by atoms with E-state index in [1.54, 1.807) is 0 Å². The van der Waals surface area contributed by atoms with Crippen molar-refractivity contribution in [2.45, 2.75) is 43.9 Å². The van der Waals surface area contributed by atoms with Gasteiger partial charge in [0.2, 0.25) is 0 Å². The van der Waals surface area contributed by atoms with Crippen molar-refractivity contribution in [3.8, 4) is 5.75 Å². The Hall–Kier alpha value is -2.78. The van der Waals surface area contributed by atoms with Gasteiger partial charge in [0.25, 0.3) is 0 Å². The summed E-state index contributed by atoms with van der Waals surface area (Å²) in [5.41, 5.74) is 7.37. The van der Waals surface area contributed by atoms with Gasteiger partial charge in [-0.25, -0.2) is 0 Å². The number of rotatable bonds is 3. The number of aryl methyl sites for hydroxylation is 1. The van der Waals surface area contributed by atoms with Crippen LogP contribution in [0.15, 0.2) is 72.8 Å². The topological polar surface area (TPSA) is 26.7 Å². The van der Waals surface area contributed by atoms with Crippen LogP contribution < -0.4 is 4.90 Å². The number of hydrogen-bond acceptors (Lipinski definition) is 3. The minimum Gasteiger partial charge on any atom is -0.508 e. The molecule has 0 aromatic heterocycles. The Morgan fingerprint density at radius 3 is 2.32 bits per heavy atom. The summed E-state index contributed by atoms with van der Waals surface area (Å²) in [5, 5.41) is 10.1. The summed E-state index contributed by atoms with van der Waals surface area (Å²) < 4.78 is 0. The van der Waals surface area contributed by atoms with Crippen LogP contribution in [0.25, 0.3) is 0 Å². The van der Waals surface area contributed by atoms with Gasteiger partial charge in [-0.1, -0.05) is 48.5 Å². The molecule has 0 radical (unpaired) electrons. The molecule has 2 fully saturated rings. The molecule has 1 N–H and O–H groups in total. The second kappa shape index (κ2) is 8.78. The molecular weight excluding hydrogens is 416 g/mol. The van der Waals surface area contributed by atoms with Crippen LogP contribution in [0.3, 0.4) is 0 Å². The predicted molar refractivity (Wildman–Crippen MR) is 140 cm³/mol. The highest BCUT2D eigenvalue weighted by Crippen LogP contribution is 2.47. The third kappa shape index (κ3) is 4.01. The molecule has 2 aliphatic heterocycles. The molecule has 1 spiro atoms. The number of aromatic hydroxyl groups is 1. The van der Waals surface area contributed by atoms with E-state index in [9.17, 15) is 5.11 Å². The zero-order valence-corrected chi connectivity index (χ0v) is 20.3. The number of benzene rings is 3. The summed E-state index contributed by atoms with van der Waals surface area (Å²) in [6.07, 6.45) is 6.13. The minimum absolute atomic E-state index is 0.319. The van der Waals surface area contributed by atoms with E-state index in [2.05, 4.69) is 77.5 Å². The predicted octanol–water partition coefficient (Wildman–Crippen LogP) is 6.18. The second-order valence-corrected chi connectivity index (χ2v) is 11.0. The minimum atomic E-state index is 0.319. The number of likely N-dealkylation sites (tertiary alicyclic amines) is 1. The van der Waals surface area contributed by atoms with Crippen molar-refractivity contribution < 1.29 is 5.11 Å². The van der Waals surface area contributed by atoms with E-state index in [1.165, 1.54) is 73.4 Å². The van der Waals surface area contributed by atoms with Gasteiger partial charge in [0, 0.05) is 24.7 Å². The smallest absolute Gasteiger partial charge is 0.115 e. The summed E-state index contributed by atoms with van der Waals surface area (Å²) in [7, 11) is 2.26. The summed E-state index contributed by atoms with van der Waals surface area (Å²) in [6.45, 7) is 4.87. The number of phenolic OH excluding ortho intramolecular Hbond substituents is 1. The van der Waals surface area contributed by atoms with Gasteiger partial charge in [-0.05, 0) is 110 Å². The maximum atomic E-state index is 10.1. The van der Waals surface area contributed by atoms with Crippen LogP contribution in [-0.4, -0.2) is 43.2 Å². The highest BCUT2D eigenvalue weighted by Gasteiger charge is 2.40. The molecule has 3 aromatic rings. The van der Waals surface area contributed by atoms with Crippen LogP contribution in [0.5, 0.6) is 5.75 Å². The third-order valence-electron chi connectivity index (χ3n) is 8.92.